The van der Waals surface area contributed by atoms with Gasteiger partial charge in [0.2, 0.25) is 5.91 Å². The molecule has 2 aromatic rings. The van der Waals surface area contributed by atoms with Crippen LogP contribution in [0.15, 0.2) is 24.3 Å². The van der Waals surface area contributed by atoms with Crippen molar-refractivity contribution in [3.05, 3.63) is 45.7 Å². The standard InChI is InChI=1S/C11H9Cl2N5O/c12-8-3-1-2-7(11(8)13)4-5-10(19)14-6-9-15-17-18-16-9/h1-5H,6H2,(H,14,19)(H,15,16,17,18). The first kappa shape index (κ1) is 13.5. The Kier molecular flexibility index (Phi) is 4.48. The largest absolute Gasteiger partial charge is 0.345 e. The molecule has 1 aromatic carbocycles. The summed E-state index contributed by atoms with van der Waals surface area (Å²) in [6.45, 7) is 0.197. The molecule has 19 heavy (non-hydrogen) atoms. The molecule has 0 aliphatic rings. The number of hydrogen-bond acceptors (Lipinski definition) is 4. The molecule has 0 aliphatic carbocycles. The molecule has 98 valence electrons. The molecule has 2 N–H and O–H groups in total. The van der Waals surface area contributed by atoms with Crippen LogP contribution in [0.4, 0.5) is 0 Å². The minimum Gasteiger partial charge on any atom is -0.345 e. The molecule has 0 saturated carbocycles. The summed E-state index contributed by atoms with van der Waals surface area (Å²) in [6.07, 6.45) is 2.94. The molecule has 1 heterocycles. The molecular formula is C11H9Cl2N5O. The van der Waals surface area contributed by atoms with E-state index >= 15 is 0 Å². The van der Waals surface area contributed by atoms with Gasteiger partial charge in [-0.05, 0) is 17.7 Å². The van der Waals surface area contributed by atoms with E-state index in [0.717, 1.165) is 0 Å². The Morgan fingerprint density at radius 2 is 2.26 bits per heavy atom. The van der Waals surface area contributed by atoms with Crippen LogP contribution in [-0.2, 0) is 11.3 Å². The zero-order chi connectivity index (χ0) is 13.7. The van der Waals surface area contributed by atoms with Gasteiger partial charge in [-0.2, -0.15) is 5.21 Å². The lowest BCUT2D eigenvalue weighted by Gasteiger charge is -2.00. The van der Waals surface area contributed by atoms with Crippen LogP contribution < -0.4 is 5.32 Å². The van der Waals surface area contributed by atoms with Crippen LogP contribution in [0.1, 0.15) is 11.4 Å². The number of H-pyrrole nitrogens is 1. The van der Waals surface area contributed by atoms with Crippen molar-refractivity contribution in [1.82, 2.24) is 25.9 Å². The van der Waals surface area contributed by atoms with Gasteiger partial charge in [-0.1, -0.05) is 40.5 Å². The molecule has 0 aliphatic heterocycles. The Hall–Kier alpha value is -1.92. The Morgan fingerprint density at radius 1 is 1.42 bits per heavy atom. The third-order valence-electron chi connectivity index (χ3n) is 2.21. The number of benzene rings is 1. The lowest BCUT2D eigenvalue weighted by Crippen LogP contribution is -2.20. The highest BCUT2D eigenvalue weighted by atomic mass is 35.5. The smallest absolute Gasteiger partial charge is 0.244 e. The van der Waals surface area contributed by atoms with E-state index in [0.29, 0.717) is 21.4 Å². The number of nitrogens with one attached hydrogen (secondary N) is 2. The number of aromatic nitrogens is 4. The van der Waals surface area contributed by atoms with Gasteiger partial charge in [0.05, 0.1) is 16.6 Å². The third-order valence-corrected chi connectivity index (χ3v) is 3.04. The number of hydrogen-bond donors (Lipinski definition) is 2. The van der Waals surface area contributed by atoms with Gasteiger partial charge in [-0.15, -0.1) is 10.2 Å². The van der Waals surface area contributed by atoms with Crippen LogP contribution in [0, 0.1) is 0 Å². The van der Waals surface area contributed by atoms with Crippen LogP contribution >= 0.6 is 23.2 Å². The molecule has 2 rings (SSSR count). The van der Waals surface area contributed by atoms with Crippen molar-refractivity contribution in [2.75, 3.05) is 0 Å². The summed E-state index contributed by atoms with van der Waals surface area (Å²) >= 11 is 11.9. The number of carbonyl (C=O) groups is 1. The normalized spacial score (nSPS) is 10.8. The predicted molar refractivity (Wildman–Crippen MR) is 71.5 cm³/mol. The van der Waals surface area contributed by atoms with Gasteiger partial charge >= 0.3 is 0 Å². The summed E-state index contributed by atoms with van der Waals surface area (Å²) in [5.74, 6) is 0.114. The summed E-state index contributed by atoms with van der Waals surface area (Å²) in [5.41, 5.74) is 0.670. The molecule has 0 atom stereocenters. The molecule has 6 nitrogen and oxygen atoms in total. The van der Waals surface area contributed by atoms with Gasteiger partial charge in [0.25, 0.3) is 0 Å². The maximum Gasteiger partial charge on any atom is 0.244 e. The molecule has 0 spiro atoms. The Bertz CT molecular complexity index is 597. The van der Waals surface area contributed by atoms with Crippen LogP contribution in [-0.4, -0.2) is 26.5 Å². The number of tetrazole rings is 1. The number of carbonyl (C=O) groups excluding carboxylic acids is 1. The van der Waals surface area contributed by atoms with Crippen LogP contribution in [0.25, 0.3) is 6.08 Å². The highest BCUT2D eigenvalue weighted by molar-refractivity contribution is 6.42. The van der Waals surface area contributed by atoms with E-state index in [9.17, 15) is 4.79 Å². The quantitative estimate of drug-likeness (QED) is 0.844. The molecule has 1 aromatic heterocycles. The van der Waals surface area contributed by atoms with Gasteiger partial charge in [0.1, 0.15) is 0 Å². The summed E-state index contributed by atoms with van der Waals surface area (Å²) < 4.78 is 0. The fourth-order valence-corrected chi connectivity index (χ4v) is 1.67. The molecule has 1 amide bonds. The van der Waals surface area contributed by atoms with E-state index in [2.05, 4.69) is 25.9 Å². The second-order valence-corrected chi connectivity index (χ2v) is 4.31. The maximum atomic E-state index is 11.5. The minimum atomic E-state index is -0.291. The Labute approximate surface area is 118 Å². The highest BCUT2D eigenvalue weighted by Crippen LogP contribution is 2.26. The molecular weight excluding hydrogens is 289 g/mol. The molecule has 0 radical (unpaired) electrons. The SMILES string of the molecule is O=C(C=Cc1cccc(Cl)c1Cl)NCc1nn[nH]n1. The molecule has 0 fully saturated rings. The van der Waals surface area contributed by atoms with Crippen molar-refractivity contribution in [1.29, 1.82) is 0 Å². The number of halogens is 2. The second-order valence-electron chi connectivity index (χ2n) is 3.52. The number of rotatable bonds is 4. The van der Waals surface area contributed by atoms with Crippen molar-refractivity contribution in [2.24, 2.45) is 0 Å². The van der Waals surface area contributed by atoms with Crippen LogP contribution in [0.5, 0.6) is 0 Å². The van der Waals surface area contributed by atoms with E-state index in [1.165, 1.54) is 6.08 Å². The first-order valence-corrected chi connectivity index (χ1v) is 6.04. The summed E-state index contributed by atoms with van der Waals surface area (Å²) in [6, 6.07) is 5.19. The summed E-state index contributed by atoms with van der Waals surface area (Å²) in [7, 11) is 0. The van der Waals surface area contributed by atoms with Crippen molar-refractivity contribution in [3.63, 3.8) is 0 Å². The average molecular weight is 298 g/mol. The fraction of sp³-hybridized carbons (Fsp3) is 0.0909. The predicted octanol–water partition coefficient (Wildman–Crippen LogP) is 1.84. The van der Waals surface area contributed by atoms with Crippen molar-refractivity contribution < 1.29 is 4.79 Å². The van der Waals surface area contributed by atoms with Gasteiger partial charge < -0.3 is 5.32 Å². The number of aromatic amines is 1. The van der Waals surface area contributed by atoms with Gasteiger partial charge in [0, 0.05) is 6.08 Å². The van der Waals surface area contributed by atoms with Crippen LogP contribution in [0.2, 0.25) is 10.0 Å². The van der Waals surface area contributed by atoms with Gasteiger partial charge in [-0.25, -0.2) is 0 Å². The Morgan fingerprint density at radius 3 is 3.00 bits per heavy atom. The monoisotopic (exact) mass is 297 g/mol. The summed E-state index contributed by atoms with van der Waals surface area (Å²) in [4.78, 5) is 11.5. The lowest BCUT2D eigenvalue weighted by molar-refractivity contribution is -0.116. The van der Waals surface area contributed by atoms with E-state index in [4.69, 9.17) is 23.2 Å². The molecule has 0 bridgehead atoms. The number of nitrogens with zero attached hydrogens (tertiary/aromatic N) is 3. The van der Waals surface area contributed by atoms with E-state index in [1.54, 1.807) is 24.3 Å². The van der Waals surface area contributed by atoms with Gasteiger partial charge in [-0.3, -0.25) is 4.79 Å². The molecule has 0 saturated heterocycles. The first-order valence-electron chi connectivity index (χ1n) is 5.29. The lowest BCUT2D eigenvalue weighted by atomic mass is 10.2. The zero-order valence-corrected chi connectivity index (χ0v) is 11.1. The Balaban J connectivity index is 1.94. The van der Waals surface area contributed by atoms with E-state index in [1.807, 2.05) is 0 Å². The third kappa shape index (κ3) is 3.77. The average Bonchev–Trinajstić information content (AvgIpc) is 2.91. The summed E-state index contributed by atoms with van der Waals surface area (Å²) in [5, 5.41) is 16.5. The highest BCUT2D eigenvalue weighted by Gasteiger charge is 2.03. The van der Waals surface area contributed by atoms with Gasteiger partial charge in [0.15, 0.2) is 5.82 Å². The van der Waals surface area contributed by atoms with Crippen molar-refractivity contribution in [3.8, 4) is 0 Å². The number of amides is 1. The first-order chi connectivity index (χ1) is 9.16. The minimum absolute atomic E-state index is 0.197. The topological polar surface area (TPSA) is 83.6 Å². The fourth-order valence-electron chi connectivity index (χ4n) is 1.30. The molecule has 0 unspecified atom stereocenters. The van der Waals surface area contributed by atoms with E-state index in [-0.39, 0.29) is 12.5 Å². The van der Waals surface area contributed by atoms with Crippen molar-refractivity contribution >= 4 is 35.2 Å². The second kappa shape index (κ2) is 6.31. The molecule has 8 heteroatoms. The van der Waals surface area contributed by atoms with E-state index < -0.39 is 0 Å². The van der Waals surface area contributed by atoms with Crippen LogP contribution in [0.3, 0.4) is 0 Å². The zero-order valence-electron chi connectivity index (χ0n) is 9.60. The van der Waals surface area contributed by atoms with Crippen molar-refractivity contribution in [2.45, 2.75) is 6.54 Å². The maximum absolute atomic E-state index is 11.5.